The third kappa shape index (κ3) is 4.99. The SMILES string of the molecule is O=C(O)Cc1cccc(NC(=O)C2CC2c2ccccc2OC(F)(F)F)c1. The van der Waals surface area contributed by atoms with Gasteiger partial charge in [-0.25, -0.2) is 0 Å². The lowest BCUT2D eigenvalue weighted by Gasteiger charge is -2.13. The maximum Gasteiger partial charge on any atom is 0.573 e. The van der Waals surface area contributed by atoms with Crippen molar-refractivity contribution in [3.8, 4) is 5.75 Å². The zero-order valence-electron chi connectivity index (χ0n) is 14.0. The lowest BCUT2D eigenvalue weighted by atomic mass is 10.1. The number of halogens is 3. The summed E-state index contributed by atoms with van der Waals surface area (Å²) in [5.74, 6) is -2.43. The van der Waals surface area contributed by atoms with Crippen LogP contribution in [0, 0.1) is 5.92 Å². The van der Waals surface area contributed by atoms with E-state index in [4.69, 9.17) is 5.11 Å². The van der Waals surface area contributed by atoms with Crippen LogP contribution in [-0.2, 0) is 16.0 Å². The van der Waals surface area contributed by atoms with Gasteiger partial charge in [0.2, 0.25) is 5.91 Å². The van der Waals surface area contributed by atoms with E-state index in [1.54, 1.807) is 30.3 Å². The smallest absolute Gasteiger partial charge is 0.481 e. The van der Waals surface area contributed by atoms with Gasteiger partial charge in [-0.1, -0.05) is 30.3 Å². The van der Waals surface area contributed by atoms with Crippen LogP contribution in [0.2, 0.25) is 0 Å². The van der Waals surface area contributed by atoms with E-state index in [9.17, 15) is 22.8 Å². The minimum absolute atomic E-state index is 0.169. The minimum atomic E-state index is -4.80. The van der Waals surface area contributed by atoms with Gasteiger partial charge in [-0.2, -0.15) is 0 Å². The maximum absolute atomic E-state index is 12.5. The molecule has 0 bridgehead atoms. The number of nitrogens with one attached hydrogen (secondary N) is 1. The fourth-order valence-corrected chi connectivity index (χ4v) is 3.00. The number of aliphatic carboxylic acids is 1. The topological polar surface area (TPSA) is 75.6 Å². The zero-order valence-corrected chi connectivity index (χ0v) is 14.0. The molecule has 1 saturated carbocycles. The molecule has 2 aromatic rings. The average molecular weight is 379 g/mol. The van der Waals surface area contributed by atoms with Crippen LogP contribution in [0.15, 0.2) is 48.5 Å². The van der Waals surface area contributed by atoms with Crippen LogP contribution >= 0.6 is 0 Å². The lowest BCUT2D eigenvalue weighted by molar-refractivity contribution is -0.274. The van der Waals surface area contributed by atoms with Crippen LogP contribution in [0.3, 0.4) is 0 Å². The fourth-order valence-electron chi connectivity index (χ4n) is 3.00. The van der Waals surface area contributed by atoms with E-state index < -0.39 is 18.2 Å². The number of benzene rings is 2. The van der Waals surface area contributed by atoms with E-state index in [0.29, 0.717) is 23.2 Å². The molecule has 27 heavy (non-hydrogen) atoms. The number of carboxylic acid groups (broad SMARTS) is 1. The maximum atomic E-state index is 12.5. The van der Waals surface area contributed by atoms with Crippen molar-refractivity contribution >= 4 is 17.6 Å². The molecule has 2 atom stereocenters. The molecule has 1 fully saturated rings. The first-order valence-corrected chi connectivity index (χ1v) is 8.19. The monoisotopic (exact) mass is 379 g/mol. The van der Waals surface area contributed by atoms with Crippen LogP contribution in [0.5, 0.6) is 5.75 Å². The molecule has 2 N–H and O–H groups in total. The molecule has 3 rings (SSSR count). The molecule has 0 aromatic heterocycles. The quantitative estimate of drug-likeness (QED) is 0.797. The first-order valence-electron chi connectivity index (χ1n) is 8.19. The first kappa shape index (κ1) is 18.8. The second-order valence-electron chi connectivity index (χ2n) is 6.29. The third-order valence-electron chi connectivity index (χ3n) is 4.22. The van der Waals surface area contributed by atoms with Crippen molar-refractivity contribution in [2.24, 2.45) is 5.92 Å². The van der Waals surface area contributed by atoms with E-state index in [-0.39, 0.29) is 24.0 Å². The van der Waals surface area contributed by atoms with E-state index >= 15 is 0 Å². The van der Waals surface area contributed by atoms with Crippen LogP contribution in [0.4, 0.5) is 18.9 Å². The molecule has 2 aromatic carbocycles. The number of para-hydroxylation sites is 1. The van der Waals surface area contributed by atoms with E-state index in [1.165, 1.54) is 18.2 Å². The normalized spacial score (nSPS) is 18.6. The van der Waals surface area contributed by atoms with Crippen LogP contribution in [0.1, 0.15) is 23.5 Å². The van der Waals surface area contributed by atoms with E-state index in [0.717, 1.165) is 0 Å². The number of ether oxygens (including phenoxy) is 1. The van der Waals surface area contributed by atoms with Crippen molar-refractivity contribution in [2.75, 3.05) is 5.32 Å². The van der Waals surface area contributed by atoms with Gasteiger partial charge in [0, 0.05) is 11.6 Å². The summed E-state index contributed by atoms with van der Waals surface area (Å²) < 4.78 is 41.6. The number of anilines is 1. The van der Waals surface area contributed by atoms with Crippen molar-refractivity contribution in [2.45, 2.75) is 25.1 Å². The molecule has 0 radical (unpaired) electrons. The summed E-state index contributed by atoms with van der Waals surface area (Å²) in [6, 6.07) is 12.2. The molecule has 0 spiro atoms. The molecule has 5 nitrogen and oxygen atoms in total. The molecule has 1 aliphatic carbocycles. The highest BCUT2D eigenvalue weighted by atomic mass is 19.4. The molecule has 2 unspecified atom stereocenters. The van der Waals surface area contributed by atoms with Crippen molar-refractivity contribution in [1.29, 1.82) is 0 Å². The number of amides is 1. The van der Waals surface area contributed by atoms with Gasteiger partial charge in [0.05, 0.1) is 6.42 Å². The predicted molar refractivity (Wildman–Crippen MR) is 90.4 cm³/mol. The van der Waals surface area contributed by atoms with Crippen LogP contribution in [0.25, 0.3) is 0 Å². The Bertz CT molecular complexity index is 866. The van der Waals surface area contributed by atoms with Crippen molar-refractivity contribution < 1.29 is 32.6 Å². The van der Waals surface area contributed by atoms with Gasteiger partial charge in [0.25, 0.3) is 0 Å². The number of rotatable bonds is 6. The molecule has 0 heterocycles. The average Bonchev–Trinajstić information content (AvgIpc) is 3.34. The summed E-state index contributed by atoms with van der Waals surface area (Å²) in [7, 11) is 0. The third-order valence-corrected chi connectivity index (χ3v) is 4.22. The van der Waals surface area contributed by atoms with E-state index in [1.807, 2.05) is 0 Å². The largest absolute Gasteiger partial charge is 0.573 e. The molecule has 0 aliphatic heterocycles. The highest BCUT2D eigenvalue weighted by Gasteiger charge is 2.46. The minimum Gasteiger partial charge on any atom is -0.481 e. The Morgan fingerprint density at radius 2 is 1.89 bits per heavy atom. The molecule has 0 saturated heterocycles. The second kappa shape index (κ2) is 7.30. The van der Waals surface area contributed by atoms with Crippen molar-refractivity contribution in [1.82, 2.24) is 0 Å². The summed E-state index contributed by atoms with van der Waals surface area (Å²) >= 11 is 0. The van der Waals surface area contributed by atoms with Gasteiger partial charge in [-0.15, -0.1) is 13.2 Å². The molecule has 8 heteroatoms. The summed E-state index contributed by atoms with van der Waals surface area (Å²) in [6.45, 7) is 0. The van der Waals surface area contributed by atoms with Gasteiger partial charge < -0.3 is 15.2 Å². The molecule has 1 aliphatic rings. The van der Waals surface area contributed by atoms with Gasteiger partial charge in [-0.05, 0) is 41.7 Å². The summed E-state index contributed by atoms with van der Waals surface area (Å²) in [4.78, 5) is 23.2. The lowest BCUT2D eigenvalue weighted by Crippen LogP contribution is -2.18. The number of carbonyl (C=O) groups is 2. The first-order chi connectivity index (χ1) is 12.7. The van der Waals surface area contributed by atoms with E-state index in [2.05, 4.69) is 10.1 Å². The predicted octanol–water partition coefficient (Wildman–Crippen LogP) is 3.95. The molecular weight excluding hydrogens is 363 g/mol. The molecule has 142 valence electrons. The summed E-state index contributed by atoms with van der Waals surface area (Å²) in [5.41, 5.74) is 1.33. The Morgan fingerprint density at radius 3 is 2.59 bits per heavy atom. The number of hydrogen-bond acceptors (Lipinski definition) is 3. The zero-order chi connectivity index (χ0) is 19.6. The Kier molecular flexibility index (Phi) is 5.07. The number of hydrogen-bond donors (Lipinski definition) is 2. The number of alkyl halides is 3. The number of carboxylic acids is 1. The molecular formula is C19H16F3NO4. The summed E-state index contributed by atoms with van der Waals surface area (Å²) in [6.07, 6.45) is -4.55. The van der Waals surface area contributed by atoms with Gasteiger partial charge in [0.1, 0.15) is 5.75 Å². The summed E-state index contributed by atoms with van der Waals surface area (Å²) in [5, 5.41) is 11.5. The molecule has 1 amide bonds. The standard InChI is InChI=1S/C19H16F3NO4/c20-19(21,22)27-16-7-2-1-6-13(16)14-10-15(14)18(26)23-12-5-3-4-11(8-12)9-17(24)25/h1-8,14-15H,9-10H2,(H,23,26)(H,24,25). The fraction of sp³-hybridized carbons (Fsp3) is 0.263. The van der Waals surface area contributed by atoms with Crippen molar-refractivity contribution in [3.05, 3.63) is 59.7 Å². The Morgan fingerprint density at radius 1 is 1.15 bits per heavy atom. The van der Waals surface area contributed by atoms with Gasteiger partial charge >= 0.3 is 12.3 Å². The van der Waals surface area contributed by atoms with Crippen molar-refractivity contribution in [3.63, 3.8) is 0 Å². The van der Waals surface area contributed by atoms with Gasteiger partial charge in [0.15, 0.2) is 0 Å². The van der Waals surface area contributed by atoms with Gasteiger partial charge in [-0.3, -0.25) is 9.59 Å². The van der Waals surface area contributed by atoms with Crippen LogP contribution in [-0.4, -0.2) is 23.3 Å². The Labute approximate surface area is 152 Å². The Hall–Kier alpha value is -3.03. The highest BCUT2D eigenvalue weighted by Crippen LogP contribution is 2.51. The highest BCUT2D eigenvalue weighted by molar-refractivity contribution is 5.95. The second-order valence-corrected chi connectivity index (χ2v) is 6.29. The Balaban J connectivity index is 1.67. The number of carbonyl (C=O) groups excluding carboxylic acids is 1. The van der Waals surface area contributed by atoms with Crippen LogP contribution < -0.4 is 10.1 Å².